The van der Waals surface area contributed by atoms with E-state index in [0.717, 1.165) is 5.56 Å². The van der Waals surface area contributed by atoms with Crippen LogP contribution in [0.5, 0.6) is 0 Å². The number of nitrogens with one attached hydrogen (secondary N) is 2. The van der Waals surface area contributed by atoms with Crippen molar-refractivity contribution in [2.24, 2.45) is 0 Å². The van der Waals surface area contributed by atoms with Gasteiger partial charge in [0.25, 0.3) is 0 Å². The fourth-order valence-electron chi connectivity index (χ4n) is 1.16. The van der Waals surface area contributed by atoms with Crippen LogP contribution in [0, 0.1) is 0 Å². The van der Waals surface area contributed by atoms with E-state index in [1.54, 1.807) is 19.2 Å². The molecule has 0 heterocycles. The minimum absolute atomic E-state index is 0.222. The van der Waals surface area contributed by atoms with Crippen molar-refractivity contribution in [2.45, 2.75) is 11.4 Å². The van der Waals surface area contributed by atoms with Crippen LogP contribution in [0.25, 0.3) is 0 Å². The summed E-state index contributed by atoms with van der Waals surface area (Å²) < 4.78 is 25.2. The normalized spacial score (nSPS) is 11.7. The Morgan fingerprint density at radius 1 is 1.33 bits per heavy atom. The van der Waals surface area contributed by atoms with E-state index < -0.39 is 10.0 Å². The molecule has 4 nitrogen and oxygen atoms in total. The molecule has 0 bridgehead atoms. The van der Waals surface area contributed by atoms with Gasteiger partial charge in [-0.1, -0.05) is 11.6 Å². The first-order chi connectivity index (χ1) is 7.01. The Bertz CT molecular complexity index is 445. The molecule has 1 aromatic carbocycles. The third-order valence-electron chi connectivity index (χ3n) is 1.96. The van der Waals surface area contributed by atoms with E-state index in [-0.39, 0.29) is 4.90 Å². The van der Waals surface area contributed by atoms with E-state index in [9.17, 15) is 8.42 Å². The molecule has 0 fully saturated rings. The number of hydrogen-bond acceptors (Lipinski definition) is 3. The van der Waals surface area contributed by atoms with Gasteiger partial charge < -0.3 is 5.32 Å². The quantitative estimate of drug-likeness (QED) is 0.835. The second kappa shape index (κ2) is 4.94. The highest BCUT2D eigenvalue weighted by atomic mass is 35.5. The number of halogens is 1. The van der Waals surface area contributed by atoms with Gasteiger partial charge in [0.15, 0.2) is 0 Å². The molecule has 0 aliphatic heterocycles. The van der Waals surface area contributed by atoms with Gasteiger partial charge in [0.05, 0.1) is 4.90 Å². The van der Waals surface area contributed by atoms with Crippen molar-refractivity contribution in [3.63, 3.8) is 0 Å². The molecule has 0 saturated carbocycles. The molecular formula is C9H13ClN2O2S. The van der Waals surface area contributed by atoms with E-state index in [4.69, 9.17) is 11.6 Å². The van der Waals surface area contributed by atoms with Crippen LogP contribution in [0.2, 0.25) is 5.02 Å². The molecule has 1 rings (SSSR count). The molecule has 15 heavy (non-hydrogen) atoms. The van der Waals surface area contributed by atoms with Crippen LogP contribution < -0.4 is 10.0 Å². The van der Waals surface area contributed by atoms with Crippen LogP contribution in [0.4, 0.5) is 0 Å². The summed E-state index contributed by atoms with van der Waals surface area (Å²) in [4.78, 5) is 0.222. The van der Waals surface area contributed by atoms with E-state index >= 15 is 0 Å². The summed E-state index contributed by atoms with van der Waals surface area (Å²) in [5, 5.41) is 3.48. The van der Waals surface area contributed by atoms with Gasteiger partial charge in [-0.3, -0.25) is 0 Å². The molecule has 2 N–H and O–H groups in total. The van der Waals surface area contributed by atoms with Gasteiger partial charge in [-0.25, -0.2) is 13.1 Å². The number of sulfonamides is 1. The molecule has 6 heteroatoms. The van der Waals surface area contributed by atoms with Crippen molar-refractivity contribution >= 4 is 21.6 Å². The van der Waals surface area contributed by atoms with Gasteiger partial charge in [-0.15, -0.1) is 0 Å². The van der Waals surface area contributed by atoms with E-state index in [2.05, 4.69) is 10.0 Å². The van der Waals surface area contributed by atoms with Crippen LogP contribution in [0.15, 0.2) is 23.1 Å². The average molecular weight is 249 g/mol. The van der Waals surface area contributed by atoms with Gasteiger partial charge in [0.1, 0.15) is 0 Å². The first kappa shape index (κ1) is 12.4. The Labute approximate surface area is 94.7 Å². The van der Waals surface area contributed by atoms with Crippen molar-refractivity contribution in [3.05, 3.63) is 28.8 Å². The molecule has 0 unspecified atom stereocenters. The van der Waals surface area contributed by atoms with Gasteiger partial charge in [0.2, 0.25) is 10.0 Å². The van der Waals surface area contributed by atoms with Crippen molar-refractivity contribution in [2.75, 3.05) is 14.1 Å². The van der Waals surface area contributed by atoms with Crippen LogP contribution >= 0.6 is 11.6 Å². The van der Waals surface area contributed by atoms with Gasteiger partial charge >= 0.3 is 0 Å². The highest BCUT2D eigenvalue weighted by Crippen LogP contribution is 2.20. The molecule has 0 aliphatic rings. The maximum Gasteiger partial charge on any atom is 0.240 e. The fourth-order valence-corrected chi connectivity index (χ4v) is 2.13. The lowest BCUT2D eigenvalue weighted by Crippen LogP contribution is -2.19. The van der Waals surface area contributed by atoms with Crippen molar-refractivity contribution in [1.82, 2.24) is 10.0 Å². The Morgan fingerprint density at radius 2 is 2.00 bits per heavy atom. The Balaban J connectivity index is 3.19. The Hall–Kier alpha value is -0.620. The number of rotatable bonds is 4. The van der Waals surface area contributed by atoms with Crippen LogP contribution in [0.3, 0.4) is 0 Å². The van der Waals surface area contributed by atoms with Gasteiger partial charge in [-0.05, 0) is 37.9 Å². The van der Waals surface area contributed by atoms with Crippen molar-refractivity contribution < 1.29 is 8.42 Å². The van der Waals surface area contributed by atoms with Crippen molar-refractivity contribution in [3.8, 4) is 0 Å². The highest BCUT2D eigenvalue weighted by molar-refractivity contribution is 7.89. The summed E-state index contributed by atoms with van der Waals surface area (Å²) in [7, 11) is -0.242. The third kappa shape index (κ3) is 2.92. The summed E-state index contributed by atoms with van der Waals surface area (Å²) in [6, 6.07) is 4.62. The lowest BCUT2D eigenvalue weighted by Gasteiger charge is -2.07. The highest BCUT2D eigenvalue weighted by Gasteiger charge is 2.12. The predicted molar refractivity (Wildman–Crippen MR) is 60.5 cm³/mol. The van der Waals surface area contributed by atoms with Gasteiger partial charge in [-0.2, -0.15) is 0 Å². The minimum Gasteiger partial charge on any atom is -0.316 e. The standard InChI is InChI=1S/C9H13ClN2O2S/c1-11-6-7-5-8(3-4-9(7)10)15(13,14)12-2/h3-5,11-12H,6H2,1-2H3. The minimum atomic E-state index is -3.39. The summed E-state index contributed by atoms with van der Waals surface area (Å²) in [5.74, 6) is 0. The molecule has 0 amide bonds. The number of hydrogen-bond donors (Lipinski definition) is 2. The predicted octanol–water partition coefficient (Wildman–Crippen LogP) is 0.967. The molecule has 0 saturated heterocycles. The van der Waals surface area contributed by atoms with E-state index in [0.29, 0.717) is 11.6 Å². The molecule has 0 aliphatic carbocycles. The monoisotopic (exact) mass is 248 g/mol. The largest absolute Gasteiger partial charge is 0.316 e. The molecule has 0 radical (unpaired) electrons. The van der Waals surface area contributed by atoms with Crippen LogP contribution in [0.1, 0.15) is 5.56 Å². The summed E-state index contributed by atoms with van der Waals surface area (Å²) >= 11 is 5.91. The maximum atomic E-state index is 11.5. The molecule has 1 aromatic rings. The second-order valence-corrected chi connectivity index (χ2v) is 5.28. The molecule has 0 atom stereocenters. The average Bonchev–Trinajstić information content (AvgIpc) is 2.21. The van der Waals surface area contributed by atoms with E-state index in [1.807, 2.05) is 0 Å². The Morgan fingerprint density at radius 3 is 2.53 bits per heavy atom. The van der Waals surface area contributed by atoms with E-state index in [1.165, 1.54) is 13.1 Å². The molecule has 84 valence electrons. The third-order valence-corrected chi connectivity index (χ3v) is 3.74. The maximum absolute atomic E-state index is 11.5. The smallest absolute Gasteiger partial charge is 0.240 e. The zero-order chi connectivity index (χ0) is 11.5. The van der Waals surface area contributed by atoms with Crippen molar-refractivity contribution in [1.29, 1.82) is 0 Å². The first-order valence-corrected chi connectivity index (χ1v) is 6.24. The summed E-state index contributed by atoms with van der Waals surface area (Å²) in [6.07, 6.45) is 0. The second-order valence-electron chi connectivity index (χ2n) is 2.99. The summed E-state index contributed by atoms with van der Waals surface area (Å²) in [6.45, 7) is 0.534. The number of benzene rings is 1. The van der Waals surface area contributed by atoms with Crippen LogP contribution in [-0.4, -0.2) is 22.5 Å². The summed E-state index contributed by atoms with van der Waals surface area (Å²) in [5.41, 5.74) is 0.760. The fraction of sp³-hybridized carbons (Fsp3) is 0.333. The zero-order valence-corrected chi connectivity index (χ0v) is 10.1. The zero-order valence-electron chi connectivity index (χ0n) is 8.54. The lowest BCUT2D eigenvalue weighted by atomic mass is 10.2. The molecule has 0 spiro atoms. The SMILES string of the molecule is CNCc1cc(S(=O)(=O)NC)ccc1Cl. The van der Waals surface area contributed by atoms with Crippen LogP contribution in [-0.2, 0) is 16.6 Å². The Kier molecular flexibility index (Phi) is 4.10. The topological polar surface area (TPSA) is 58.2 Å². The first-order valence-electron chi connectivity index (χ1n) is 4.38. The lowest BCUT2D eigenvalue weighted by molar-refractivity contribution is 0.588. The molecular weight excluding hydrogens is 236 g/mol. The molecule has 0 aromatic heterocycles. The van der Waals surface area contributed by atoms with Gasteiger partial charge in [0, 0.05) is 11.6 Å².